The van der Waals surface area contributed by atoms with Gasteiger partial charge >= 0.3 is 0 Å². The van der Waals surface area contributed by atoms with Gasteiger partial charge in [-0.1, -0.05) is 19.3 Å². The fraction of sp³-hybridized carbons (Fsp3) is 0.421. The van der Waals surface area contributed by atoms with Crippen molar-refractivity contribution < 1.29 is 19.0 Å². The molecular formula is C19H21NO4S. The van der Waals surface area contributed by atoms with Gasteiger partial charge in [-0.25, -0.2) is 0 Å². The van der Waals surface area contributed by atoms with E-state index >= 15 is 0 Å². The average molecular weight is 359 g/mol. The minimum absolute atomic E-state index is 0.00275. The first-order valence-corrected chi connectivity index (χ1v) is 9.62. The Hall–Kier alpha value is -2.21. The fourth-order valence-electron chi connectivity index (χ4n) is 3.47. The number of carbonyl (C=O) groups excluding carboxylic acids is 1. The molecule has 4 rings (SSSR count). The van der Waals surface area contributed by atoms with E-state index in [1.54, 1.807) is 29.5 Å². The third-order valence-corrected chi connectivity index (χ3v) is 5.37. The molecular weight excluding hydrogens is 338 g/mol. The zero-order valence-electron chi connectivity index (χ0n) is 14.0. The maximum absolute atomic E-state index is 12.9. The lowest BCUT2D eigenvalue weighted by Gasteiger charge is -2.33. The van der Waals surface area contributed by atoms with Crippen molar-refractivity contribution in [3.05, 3.63) is 35.0 Å². The van der Waals surface area contributed by atoms with Gasteiger partial charge in [-0.15, -0.1) is 0 Å². The van der Waals surface area contributed by atoms with E-state index in [1.165, 1.54) is 19.3 Å². The van der Waals surface area contributed by atoms with E-state index < -0.39 is 0 Å². The second-order valence-electron chi connectivity index (χ2n) is 6.34. The molecule has 132 valence electrons. The van der Waals surface area contributed by atoms with Gasteiger partial charge in [0.25, 0.3) is 5.91 Å². The first-order chi connectivity index (χ1) is 12.3. The Morgan fingerprint density at radius 2 is 2.00 bits per heavy atom. The van der Waals surface area contributed by atoms with E-state index in [1.807, 2.05) is 21.7 Å². The first-order valence-electron chi connectivity index (χ1n) is 8.68. The van der Waals surface area contributed by atoms with Crippen LogP contribution in [0.4, 0.5) is 5.69 Å². The van der Waals surface area contributed by atoms with Crippen LogP contribution in [0.3, 0.4) is 0 Å². The molecule has 0 atom stereocenters. The topological polar surface area (TPSA) is 48.0 Å². The Labute approximate surface area is 151 Å². The van der Waals surface area contributed by atoms with E-state index in [0.717, 1.165) is 18.5 Å². The predicted octanol–water partition coefficient (Wildman–Crippen LogP) is 4.22. The molecule has 1 aliphatic heterocycles. The molecule has 0 N–H and O–H groups in total. The molecule has 1 aromatic heterocycles. The van der Waals surface area contributed by atoms with E-state index in [-0.39, 0.29) is 25.3 Å². The lowest BCUT2D eigenvalue weighted by atomic mass is 9.94. The monoisotopic (exact) mass is 359 g/mol. The molecule has 2 aliphatic rings. The largest absolute Gasteiger partial charge is 0.484 e. The molecule has 1 saturated carbocycles. The van der Waals surface area contributed by atoms with E-state index in [4.69, 9.17) is 14.2 Å². The Bertz CT molecular complexity index is 725. The molecule has 1 aliphatic carbocycles. The minimum Gasteiger partial charge on any atom is -0.484 e. The highest BCUT2D eigenvalue weighted by molar-refractivity contribution is 7.08. The summed E-state index contributed by atoms with van der Waals surface area (Å²) in [6, 6.07) is 7.66. The number of carbonyl (C=O) groups is 1. The number of hydrogen-bond donors (Lipinski definition) is 0. The van der Waals surface area contributed by atoms with E-state index in [2.05, 4.69) is 0 Å². The van der Waals surface area contributed by atoms with Crippen LogP contribution in [-0.4, -0.2) is 25.3 Å². The number of anilines is 1. The number of fused-ring (bicyclic) bond motifs is 1. The van der Waals surface area contributed by atoms with Gasteiger partial charge in [-0.2, -0.15) is 11.3 Å². The highest BCUT2D eigenvalue weighted by Gasteiger charge is 2.27. The van der Waals surface area contributed by atoms with Gasteiger partial charge in [0.05, 0.1) is 5.69 Å². The summed E-state index contributed by atoms with van der Waals surface area (Å²) in [6.07, 6.45) is 5.75. The summed E-state index contributed by atoms with van der Waals surface area (Å²) in [7, 11) is 0. The summed E-state index contributed by atoms with van der Waals surface area (Å²) in [5.41, 5.74) is 0.983. The Balaban J connectivity index is 1.45. The molecule has 0 saturated heterocycles. The van der Waals surface area contributed by atoms with Crippen LogP contribution in [0.15, 0.2) is 35.0 Å². The van der Waals surface area contributed by atoms with Crippen molar-refractivity contribution in [2.24, 2.45) is 0 Å². The number of ether oxygens (including phenoxy) is 3. The SMILES string of the molecule is O=C(COc1ccc2c(c1)OCO2)N(c1ccsc1)C1CCCCC1. The van der Waals surface area contributed by atoms with Crippen molar-refractivity contribution in [1.29, 1.82) is 0 Å². The molecule has 0 radical (unpaired) electrons. The van der Waals surface area contributed by atoms with Crippen LogP contribution in [0.5, 0.6) is 17.2 Å². The molecule has 2 heterocycles. The standard InChI is InChI=1S/C19H21NO4S/c21-19(11-22-16-6-7-17-18(10-16)24-13-23-17)20(15-8-9-25-12-15)14-4-2-1-3-5-14/h6-10,12,14H,1-5,11,13H2. The van der Waals surface area contributed by atoms with Crippen molar-refractivity contribution in [3.8, 4) is 17.2 Å². The van der Waals surface area contributed by atoms with Crippen LogP contribution in [-0.2, 0) is 4.79 Å². The summed E-state index contributed by atoms with van der Waals surface area (Å²) in [5, 5.41) is 4.05. The molecule has 2 aromatic rings. The number of thiophene rings is 1. The quantitative estimate of drug-likeness (QED) is 0.802. The van der Waals surface area contributed by atoms with Gasteiger partial charge < -0.3 is 19.1 Å². The van der Waals surface area contributed by atoms with Crippen LogP contribution in [0.25, 0.3) is 0 Å². The van der Waals surface area contributed by atoms with Crippen molar-refractivity contribution >= 4 is 22.9 Å². The van der Waals surface area contributed by atoms with Crippen LogP contribution in [0.1, 0.15) is 32.1 Å². The third kappa shape index (κ3) is 3.58. The molecule has 1 aromatic carbocycles. The lowest BCUT2D eigenvalue weighted by molar-refractivity contribution is -0.121. The normalized spacial score (nSPS) is 16.6. The van der Waals surface area contributed by atoms with Gasteiger partial charge in [0.2, 0.25) is 6.79 Å². The van der Waals surface area contributed by atoms with Gasteiger partial charge in [0, 0.05) is 17.5 Å². The maximum atomic E-state index is 12.9. The minimum atomic E-state index is 0.00275. The van der Waals surface area contributed by atoms with Crippen molar-refractivity contribution in [2.45, 2.75) is 38.1 Å². The van der Waals surface area contributed by atoms with Gasteiger partial charge in [-0.05, 0) is 36.4 Å². The van der Waals surface area contributed by atoms with Crippen LogP contribution >= 0.6 is 11.3 Å². The number of nitrogens with zero attached hydrogens (tertiary/aromatic N) is 1. The molecule has 0 spiro atoms. The van der Waals surface area contributed by atoms with Gasteiger partial charge in [-0.3, -0.25) is 4.79 Å². The third-order valence-electron chi connectivity index (χ3n) is 4.70. The summed E-state index contributed by atoms with van der Waals surface area (Å²) in [4.78, 5) is 14.8. The van der Waals surface area contributed by atoms with E-state index in [9.17, 15) is 4.79 Å². The van der Waals surface area contributed by atoms with Crippen LogP contribution < -0.4 is 19.1 Å². The fourth-order valence-corrected chi connectivity index (χ4v) is 4.10. The summed E-state index contributed by atoms with van der Waals surface area (Å²) in [6.45, 7) is 0.247. The number of benzene rings is 1. The smallest absolute Gasteiger partial charge is 0.265 e. The van der Waals surface area contributed by atoms with Crippen molar-refractivity contribution in [2.75, 3.05) is 18.3 Å². The summed E-state index contributed by atoms with van der Waals surface area (Å²) < 4.78 is 16.4. The molecule has 1 fully saturated rings. The summed E-state index contributed by atoms with van der Waals surface area (Å²) in [5.74, 6) is 1.99. The molecule has 6 heteroatoms. The highest BCUT2D eigenvalue weighted by atomic mass is 32.1. The molecule has 25 heavy (non-hydrogen) atoms. The zero-order chi connectivity index (χ0) is 17.1. The van der Waals surface area contributed by atoms with E-state index in [0.29, 0.717) is 17.2 Å². The van der Waals surface area contributed by atoms with Gasteiger partial charge in [0.1, 0.15) is 5.75 Å². The molecule has 0 unspecified atom stereocenters. The first kappa shape index (κ1) is 16.3. The van der Waals surface area contributed by atoms with Crippen LogP contribution in [0.2, 0.25) is 0 Å². The number of rotatable bonds is 5. The number of hydrogen-bond acceptors (Lipinski definition) is 5. The van der Waals surface area contributed by atoms with Gasteiger partial charge in [0.15, 0.2) is 18.1 Å². The summed E-state index contributed by atoms with van der Waals surface area (Å²) >= 11 is 1.61. The Morgan fingerprint density at radius 3 is 2.80 bits per heavy atom. The van der Waals surface area contributed by atoms with Crippen molar-refractivity contribution in [3.63, 3.8) is 0 Å². The molecule has 1 amide bonds. The predicted molar refractivity (Wildman–Crippen MR) is 96.7 cm³/mol. The molecule has 5 nitrogen and oxygen atoms in total. The Morgan fingerprint density at radius 1 is 1.16 bits per heavy atom. The second-order valence-corrected chi connectivity index (χ2v) is 7.12. The van der Waals surface area contributed by atoms with Crippen LogP contribution in [0, 0.1) is 0 Å². The van der Waals surface area contributed by atoms with Crippen molar-refractivity contribution in [1.82, 2.24) is 0 Å². The number of amides is 1. The second kappa shape index (κ2) is 7.35. The maximum Gasteiger partial charge on any atom is 0.265 e. The highest BCUT2D eigenvalue weighted by Crippen LogP contribution is 2.35. The molecule has 0 bridgehead atoms. The Kier molecular flexibility index (Phi) is 4.78. The average Bonchev–Trinajstić information content (AvgIpc) is 3.32. The zero-order valence-corrected chi connectivity index (χ0v) is 14.8. The lowest BCUT2D eigenvalue weighted by Crippen LogP contribution is -2.43.